The van der Waals surface area contributed by atoms with Crippen molar-refractivity contribution in [2.24, 2.45) is 5.92 Å². The standard InChI is InChI=1S/C43H84N2O15/c1-5-41(46)40(45-43(48)13-8-6-7-11-39(2)3)12-9-10-15-44-42(47)14-16-50-19-20-52-23-24-54-27-28-56-31-32-58-35-36-60-38-37-59-34-33-57-30-29-55-26-25-53-22-21-51-18-17-49-4/h39-40H,5-38H2,1-4H3,(H,44,47)(H,45,48)/t40-/m1/s1. The van der Waals surface area contributed by atoms with E-state index in [-0.39, 0.29) is 24.0 Å². The molecule has 0 aliphatic carbocycles. The van der Waals surface area contributed by atoms with Crippen molar-refractivity contribution in [2.75, 3.05) is 166 Å². The molecule has 0 aromatic carbocycles. The van der Waals surface area contributed by atoms with Gasteiger partial charge in [0, 0.05) is 32.9 Å². The van der Waals surface area contributed by atoms with Crippen LogP contribution >= 0.6 is 0 Å². The predicted octanol–water partition coefficient (Wildman–Crippen LogP) is 3.56. The SMILES string of the molecule is CCC(=O)[C@@H](CCCCNC(=O)CCOCCOCCOCCOCCOCCOCCOCCOCCOCCOCCOCCOC)NC(=O)CCCCCC(C)C. The Hall–Kier alpha value is -1.87. The maximum absolute atomic E-state index is 12.4. The Morgan fingerprint density at radius 2 is 0.783 bits per heavy atom. The van der Waals surface area contributed by atoms with Crippen molar-refractivity contribution < 1.29 is 71.2 Å². The highest BCUT2D eigenvalue weighted by Crippen LogP contribution is 2.10. The number of ether oxygens (including phenoxy) is 12. The van der Waals surface area contributed by atoms with Crippen LogP contribution in [-0.4, -0.2) is 189 Å². The van der Waals surface area contributed by atoms with Gasteiger partial charge < -0.3 is 67.5 Å². The normalized spacial score (nSPS) is 12.0. The largest absolute Gasteiger partial charge is 0.382 e. The van der Waals surface area contributed by atoms with Crippen LogP contribution in [0.3, 0.4) is 0 Å². The summed E-state index contributed by atoms with van der Waals surface area (Å²) in [6.07, 6.45) is 7.35. The minimum absolute atomic E-state index is 0.0506. The molecule has 0 unspecified atom stereocenters. The maximum atomic E-state index is 12.4. The Morgan fingerprint density at radius 3 is 1.15 bits per heavy atom. The van der Waals surface area contributed by atoms with Crippen LogP contribution in [0, 0.1) is 5.92 Å². The van der Waals surface area contributed by atoms with Gasteiger partial charge in [0.1, 0.15) is 0 Å². The lowest BCUT2D eigenvalue weighted by molar-refractivity contribution is -0.128. The Bertz CT molecular complexity index is 935. The Kier molecular flexibility index (Phi) is 46.7. The number of unbranched alkanes of at least 4 members (excludes halogenated alkanes) is 3. The summed E-state index contributed by atoms with van der Waals surface area (Å²) in [6.45, 7) is 17.9. The molecular formula is C43H84N2O15. The van der Waals surface area contributed by atoms with Gasteiger partial charge in [0.05, 0.1) is 158 Å². The first-order chi connectivity index (χ1) is 29.4. The third-order valence-corrected chi connectivity index (χ3v) is 8.62. The molecule has 0 radical (unpaired) electrons. The monoisotopic (exact) mass is 869 g/mol. The summed E-state index contributed by atoms with van der Waals surface area (Å²) in [4.78, 5) is 36.8. The van der Waals surface area contributed by atoms with Crippen LogP contribution in [0.1, 0.15) is 85.0 Å². The van der Waals surface area contributed by atoms with E-state index in [1.54, 1.807) is 7.11 Å². The fourth-order valence-electron chi connectivity index (χ4n) is 5.24. The number of hydrogen-bond donors (Lipinski definition) is 2. The molecule has 0 saturated carbocycles. The molecule has 2 amide bonds. The summed E-state index contributed by atoms with van der Waals surface area (Å²) in [5.74, 6) is 0.597. The van der Waals surface area contributed by atoms with Gasteiger partial charge in [-0.3, -0.25) is 14.4 Å². The molecule has 1 atom stereocenters. The number of ketones is 1. The molecule has 0 aliphatic heterocycles. The van der Waals surface area contributed by atoms with E-state index >= 15 is 0 Å². The molecule has 17 nitrogen and oxygen atoms in total. The lowest BCUT2D eigenvalue weighted by atomic mass is 10.0. The van der Waals surface area contributed by atoms with Crippen molar-refractivity contribution in [3.63, 3.8) is 0 Å². The minimum Gasteiger partial charge on any atom is -0.382 e. The van der Waals surface area contributed by atoms with Crippen molar-refractivity contribution in [2.45, 2.75) is 91.0 Å². The van der Waals surface area contributed by atoms with Crippen molar-refractivity contribution in [3.8, 4) is 0 Å². The number of carbonyl (C=O) groups is 3. The van der Waals surface area contributed by atoms with Crippen LogP contribution in [0.2, 0.25) is 0 Å². The van der Waals surface area contributed by atoms with Crippen LogP contribution in [0.25, 0.3) is 0 Å². The molecule has 0 aromatic rings. The van der Waals surface area contributed by atoms with E-state index in [4.69, 9.17) is 56.8 Å². The van der Waals surface area contributed by atoms with Gasteiger partial charge >= 0.3 is 0 Å². The smallest absolute Gasteiger partial charge is 0.222 e. The van der Waals surface area contributed by atoms with Gasteiger partial charge in [-0.2, -0.15) is 0 Å². The van der Waals surface area contributed by atoms with E-state index in [0.29, 0.717) is 184 Å². The second kappa shape index (κ2) is 48.2. The number of hydrogen-bond acceptors (Lipinski definition) is 15. The zero-order valence-corrected chi connectivity index (χ0v) is 37.8. The molecule has 0 heterocycles. The van der Waals surface area contributed by atoms with Crippen molar-refractivity contribution in [1.29, 1.82) is 0 Å². The number of methoxy groups -OCH3 is 1. The van der Waals surface area contributed by atoms with Crippen molar-refractivity contribution >= 4 is 17.6 Å². The number of amides is 2. The molecule has 60 heavy (non-hydrogen) atoms. The lowest BCUT2D eigenvalue weighted by Gasteiger charge is -2.17. The number of nitrogens with one attached hydrogen (secondary N) is 2. The Morgan fingerprint density at radius 1 is 0.417 bits per heavy atom. The van der Waals surface area contributed by atoms with Gasteiger partial charge in [0.25, 0.3) is 0 Å². The van der Waals surface area contributed by atoms with E-state index < -0.39 is 6.04 Å². The van der Waals surface area contributed by atoms with E-state index in [1.165, 1.54) is 6.42 Å². The van der Waals surface area contributed by atoms with Crippen molar-refractivity contribution in [3.05, 3.63) is 0 Å². The predicted molar refractivity (Wildman–Crippen MR) is 228 cm³/mol. The van der Waals surface area contributed by atoms with Crippen LogP contribution in [0.15, 0.2) is 0 Å². The van der Waals surface area contributed by atoms with Crippen LogP contribution in [0.4, 0.5) is 0 Å². The first kappa shape index (κ1) is 58.1. The van der Waals surface area contributed by atoms with Crippen LogP contribution in [-0.2, 0) is 71.2 Å². The fourth-order valence-corrected chi connectivity index (χ4v) is 5.24. The number of carbonyl (C=O) groups excluding carboxylic acids is 3. The lowest BCUT2D eigenvalue weighted by Crippen LogP contribution is -2.40. The molecule has 0 bridgehead atoms. The molecule has 2 N–H and O–H groups in total. The summed E-state index contributed by atoms with van der Waals surface area (Å²) >= 11 is 0. The number of rotatable bonds is 50. The van der Waals surface area contributed by atoms with Gasteiger partial charge in [0.2, 0.25) is 11.8 Å². The summed E-state index contributed by atoms with van der Waals surface area (Å²) in [5, 5.41) is 5.81. The highest BCUT2D eigenvalue weighted by molar-refractivity contribution is 5.88. The molecule has 0 spiro atoms. The van der Waals surface area contributed by atoms with E-state index in [2.05, 4.69) is 24.5 Å². The highest BCUT2D eigenvalue weighted by atomic mass is 16.6. The molecular weight excluding hydrogens is 784 g/mol. The molecule has 17 heteroatoms. The summed E-state index contributed by atoms with van der Waals surface area (Å²) < 4.78 is 65.0. The van der Waals surface area contributed by atoms with Crippen LogP contribution < -0.4 is 10.6 Å². The van der Waals surface area contributed by atoms with E-state index in [1.807, 2.05) is 6.92 Å². The Labute approximate surface area is 361 Å². The van der Waals surface area contributed by atoms with Crippen LogP contribution in [0.5, 0.6) is 0 Å². The first-order valence-corrected chi connectivity index (χ1v) is 22.3. The molecule has 0 fully saturated rings. The topological polar surface area (TPSA) is 186 Å². The summed E-state index contributed by atoms with van der Waals surface area (Å²) in [5.41, 5.74) is 0. The van der Waals surface area contributed by atoms with E-state index in [9.17, 15) is 14.4 Å². The third-order valence-electron chi connectivity index (χ3n) is 8.62. The first-order valence-electron chi connectivity index (χ1n) is 22.3. The average molecular weight is 869 g/mol. The molecule has 0 aliphatic rings. The fraction of sp³-hybridized carbons (Fsp3) is 0.930. The van der Waals surface area contributed by atoms with Gasteiger partial charge in [-0.1, -0.05) is 40.0 Å². The van der Waals surface area contributed by atoms with Gasteiger partial charge in [0.15, 0.2) is 5.78 Å². The van der Waals surface area contributed by atoms with Crippen molar-refractivity contribution in [1.82, 2.24) is 10.6 Å². The van der Waals surface area contributed by atoms with E-state index in [0.717, 1.165) is 32.1 Å². The average Bonchev–Trinajstić information content (AvgIpc) is 3.23. The summed E-state index contributed by atoms with van der Waals surface area (Å²) in [6, 6.07) is -0.450. The summed E-state index contributed by atoms with van der Waals surface area (Å²) in [7, 11) is 1.64. The highest BCUT2D eigenvalue weighted by Gasteiger charge is 2.18. The quantitative estimate of drug-likeness (QED) is 0.0846. The molecule has 0 saturated heterocycles. The second-order valence-electron chi connectivity index (χ2n) is 14.3. The van der Waals surface area contributed by atoms with Gasteiger partial charge in [-0.15, -0.1) is 0 Å². The number of Topliss-reactive ketones (excluding diaryl/α,β-unsaturated/α-hetero) is 1. The minimum atomic E-state index is -0.450. The second-order valence-corrected chi connectivity index (χ2v) is 14.3. The molecule has 0 aromatic heterocycles. The van der Waals surface area contributed by atoms with Gasteiger partial charge in [-0.25, -0.2) is 0 Å². The van der Waals surface area contributed by atoms with Gasteiger partial charge in [-0.05, 0) is 31.6 Å². The maximum Gasteiger partial charge on any atom is 0.222 e. The molecule has 0 rings (SSSR count). The zero-order chi connectivity index (χ0) is 43.8. The molecule has 356 valence electrons. The zero-order valence-electron chi connectivity index (χ0n) is 37.8. The Balaban J connectivity index is 3.37. The third kappa shape index (κ3) is 45.7.